The fourth-order valence-electron chi connectivity index (χ4n) is 1.42. The number of allylic oxidation sites excluding steroid dienone is 1. The molecule has 1 aromatic carbocycles. The summed E-state index contributed by atoms with van der Waals surface area (Å²) in [4.78, 5) is 0. The Kier molecular flexibility index (Phi) is 1.78. The Labute approximate surface area is 76.3 Å². The van der Waals surface area contributed by atoms with Crippen molar-refractivity contribution in [3.63, 3.8) is 0 Å². The van der Waals surface area contributed by atoms with Gasteiger partial charge in [-0.3, -0.25) is 0 Å². The van der Waals surface area contributed by atoms with Crippen LogP contribution in [-0.4, -0.2) is 0 Å². The SMILES string of the molecule is C=C/C=c1\c(=C)oc2ccccc12. The number of para-hydroxylation sites is 1. The number of rotatable bonds is 1. The highest BCUT2D eigenvalue weighted by atomic mass is 16.3. The van der Waals surface area contributed by atoms with Gasteiger partial charge in [0.1, 0.15) is 11.0 Å². The Balaban J connectivity index is 3.03. The van der Waals surface area contributed by atoms with Gasteiger partial charge in [0.15, 0.2) is 0 Å². The van der Waals surface area contributed by atoms with E-state index in [1.165, 1.54) is 0 Å². The Hall–Kier alpha value is -1.76. The summed E-state index contributed by atoms with van der Waals surface area (Å²) in [5.41, 5.74) is 1.57. The second kappa shape index (κ2) is 2.94. The van der Waals surface area contributed by atoms with E-state index in [-0.39, 0.29) is 0 Å². The summed E-state index contributed by atoms with van der Waals surface area (Å²) in [6, 6.07) is 7.88. The van der Waals surface area contributed by atoms with Crippen LogP contribution in [0.15, 0.2) is 41.3 Å². The fraction of sp³-hybridized carbons (Fsp3) is 0. The second-order valence-corrected chi connectivity index (χ2v) is 2.84. The molecular weight excluding hydrogens is 160 g/mol. The summed E-state index contributed by atoms with van der Waals surface area (Å²) < 4.78 is 5.46. The first-order valence-electron chi connectivity index (χ1n) is 4.12. The van der Waals surface area contributed by atoms with Crippen LogP contribution in [0.5, 0.6) is 0 Å². The van der Waals surface area contributed by atoms with Crippen LogP contribution in [-0.2, 0) is 0 Å². The van der Waals surface area contributed by atoms with Crippen LogP contribution in [0.1, 0.15) is 0 Å². The average Bonchev–Trinajstić information content (AvgIpc) is 2.44. The molecular formula is C12H10O. The zero-order chi connectivity index (χ0) is 9.26. The maximum atomic E-state index is 5.46. The van der Waals surface area contributed by atoms with Crippen molar-refractivity contribution in [1.82, 2.24) is 0 Å². The van der Waals surface area contributed by atoms with Gasteiger partial charge in [-0.25, -0.2) is 0 Å². The third-order valence-electron chi connectivity index (χ3n) is 2.00. The number of benzene rings is 1. The van der Waals surface area contributed by atoms with Crippen LogP contribution in [0.25, 0.3) is 23.6 Å². The molecule has 0 bridgehead atoms. The Morgan fingerprint density at radius 3 is 2.77 bits per heavy atom. The molecule has 0 unspecified atom stereocenters. The van der Waals surface area contributed by atoms with Crippen LogP contribution in [0, 0.1) is 0 Å². The number of furan rings is 1. The summed E-state index contributed by atoms with van der Waals surface area (Å²) in [6.07, 6.45) is 3.65. The smallest absolute Gasteiger partial charge is 0.135 e. The summed E-state index contributed by atoms with van der Waals surface area (Å²) in [6.45, 7) is 7.49. The first-order valence-corrected chi connectivity index (χ1v) is 4.12. The van der Waals surface area contributed by atoms with Crippen molar-refractivity contribution >= 4 is 23.6 Å². The van der Waals surface area contributed by atoms with Gasteiger partial charge >= 0.3 is 0 Å². The molecule has 1 heterocycles. The summed E-state index contributed by atoms with van der Waals surface area (Å²) in [5.74, 6) is 0. The van der Waals surface area contributed by atoms with Crippen LogP contribution in [0.3, 0.4) is 0 Å². The molecule has 1 heteroatoms. The second-order valence-electron chi connectivity index (χ2n) is 2.84. The maximum Gasteiger partial charge on any atom is 0.135 e. The van der Waals surface area contributed by atoms with E-state index in [1.807, 2.05) is 30.3 Å². The van der Waals surface area contributed by atoms with Crippen LogP contribution in [0.2, 0.25) is 0 Å². The van der Waals surface area contributed by atoms with Crippen molar-refractivity contribution in [2.24, 2.45) is 0 Å². The lowest BCUT2D eigenvalue weighted by atomic mass is 10.2. The molecule has 0 N–H and O–H groups in total. The van der Waals surface area contributed by atoms with Gasteiger partial charge in [0.05, 0.1) is 0 Å². The molecule has 0 fully saturated rings. The van der Waals surface area contributed by atoms with Gasteiger partial charge in [-0.05, 0) is 6.07 Å². The van der Waals surface area contributed by atoms with Crippen molar-refractivity contribution in [2.75, 3.05) is 0 Å². The molecule has 0 radical (unpaired) electrons. The monoisotopic (exact) mass is 170 g/mol. The van der Waals surface area contributed by atoms with Gasteiger partial charge in [-0.15, -0.1) is 0 Å². The minimum Gasteiger partial charge on any atom is -0.457 e. The Morgan fingerprint density at radius 2 is 2.00 bits per heavy atom. The first-order chi connectivity index (χ1) is 6.33. The predicted molar refractivity (Wildman–Crippen MR) is 55.6 cm³/mol. The molecule has 1 aromatic heterocycles. The van der Waals surface area contributed by atoms with E-state index in [4.69, 9.17) is 4.42 Å². The fourth-order valence-corrected chi connectivity index (χ4v) is 1.42. The van der Waals surface area contributed by atoms with E-state index in [9.17, 15) is 0 Å². The van der Waals surface area contributed by atoms with Gasteiger partial charge in [0.25, 0.3) is 0 Å². The molecule has 0 aliphatic carbocycles. The highest BCUT2D eigenvalue weighted by molar-refractivity contribution is 5.79. The third-order valence-corrected chi connectivity index (χ3v) is 2.00. The molecule has 0 aliphatic rings. The van der Waals surface area contributed by atoms with Crippen molar-refractivity contribution < 1.29 is 4.42 Å². The van der Waals surface area contributed by atoms with Gasteiger partial charge in [0, 0.05) is 10.6 Å². The molecule has 2 rings (SSSR count). The molecule has 0 atom stereocenters. The molecule has 0 spiro atoms. The number of fused-ring (bicyclic) bond motifs is 1. The molecule has 1 nitrogen and oxygen atoms in total. The zero-order valence-electron chi connectivity index (χ0n) is 7.29. The largest absolute Gasteiger partial charge is 0.457 e. The lowest BCUT2D eigenvalue weighted by molar-refractivity contribution is 0.577. The van der Waals surface area contributed by atoms with Gasteiger partial charge in [-0.1, -0.05) is 43.5 Å². The standard InChI is InChI=1S/C12H10O/c1-3-6-10-9(2)13-12-8-5-4-7-11(10)12/h3-8H,1-2H2/b10-6+. The summed E-state index contributed by atoms with van der Waals surface area (Å²) >= 11 is 0. The quantitative estimate of drug-likeness (QED) is 0.636. The molecule has 0 saturated carbocycles. The normalized spacial score (nSPS) is 12.2. The maximum absolute atomic E-state index is 5.46. The van der Waals surface area contributed by atoms with E-state index in [2.05, 4.69) is 13.2 Å². The summed E-state index contributed by atoms with van der Waals surface area (Å²) in [7, 11) is 0. The predicted octanol–water partition coefficient (Wildman–Crippen LogP) is 1.81. The lowest BCUT2D eigenvalue weighted by Gasteiger charge is -1.83. The molecule has 2 aromatic rings. The minimum absolute atomic E-state index is 0.695. The van der Waals surface area contributed by atoms with Gasteiger partial charge < -0.3 is 4.42 Å². The number of hydrogen-bond acceptors (Lipinski definition) is 1. The first kappa shape index (κ1) is 7.87. The minimum atomic E-state index is 0.695. The number of hydrogen-bond donors (Lipinski definition) is 0. The average molecular weight is 170 g/mol. The van der Waals surface area contributed by atoms with Crippen molar-refractivity contribution in [2.45, 2.75) is 0 Å². The van der Waals surface area contributed by atoms with Crippen molar-refractivity contribution in [3.8, 4) is 0 Å². The lowest BCUT2D eigenvalue weighted by Crippen LogP contribution is -2.17. The van der Waals surface area contributed by atoms with Crippen molar-refractivity contribution in [1.29, 1.82) is 0 Å². The topological polar surface area (TPSA) is 13.1 Å². The molecule has 13 heavy (non-hydrogen) atoms. The van der Waals surface area contributed by atoms with Crippen LogP contribution in [0.4, 0.5) is 0 Å². The zero-order valence-corrected chi connectivity index (χ0v) is 7.29. The molecule has 0 saturated heterocycles. The van der Waals surface area contributed by atoms with Crippen molar-refractivity contribution in [3.05, 3.63) is 47.6 Å². The molecule has 64 valence electrons. The van der Waals surface area contributed by atoms with E-state index < -0.39 is 0 Å². The van der Waals surface area contributed by atoms with Crippen LogP contribution < -0.4 is 10.6 Å². The van der Waals surface area contributed by atoms with Gasteiger partial charge in [-0.2, -0.15) is 0 Å². The molecule has 0 amide bonds. The summed E-state index contributed by atoms with van der Waals surface area (Å²) in [5, 5.41) is 2.11. The van der Waals surface area contributed by atoms with E-state index in [1.54, 1.807) is 6.08 Å². The highest BCUT2D eigenvalue weighted by Crippen LogP contribution is 2.06. The Morgan fingerprint density at radius 1 is 1.23 bits per heavy atom. The Bertz CT molecular complexity index is 546. The van der Waals surface area contributed by atoms with Crippen LogP contribution >= 0.6 is 0 Å². The van der Waals surface area contributed by atoms with E-state index in [0.29, 0.717) is 5.42 Å². The highest BCUT2D eigenvalue weighted by Gasteiger charge is 1.98. The van der Waals surface area contributed by atoms with E-state index >= 15 is 0 Å². The van der Waals surface area contributed by atoms with E-state index in [0.717, 1.165) is 16.2 Å². The van der Waals surface area contributed by atoms with Gasteiger partial charge in [0.2, 0.25) is 0 Å². The third kappa shape index (κ3) is 1.18. The molecule has 0 aliphatic heterocycles.